The highest BCUT2D eigenvalue weighted by atomic mass is 35.5. The number of halogens is 2. The zero-order chi connectivity index (χ0) is 22.1. The van der Waals surface area contributed by atoms with E-state index in [4.69, 9.17) is 0 Å². The van der Waals surface area contributed by atoms with Gasteiger partial charge in [0, 0.05) is 6.54 Å². The van der Waals surface area contributed by atoms with Gasteiger partial charge in [-0.1, -0.05) is 36.4 Å². The molecule has 0 spiro atoms. The van der Waals surface area contributed by atoms with E-state index < -0.39 is 21.3 Å². The van der Waals surface area contributed by atoms with E-state index in [1.165, 1.54) is 25.0 Å². The molecule has 1 heterocycles. The van der Waals surface area contributed by atoms with Crippen LogP contribution in [0.3, 0.4) is 0 Å². The fourth-order valence-corrected chi connectivity index (χ4v) is 4.87. The van der Waals surface area contributed by atoms with Gasteiger partial charge in [-0.25, -0.2) is 12.8 Å². The van der Waals surface area contributed by atoms with Crippen molar-refractivity contribution in [1.82, 2.24) is 10.2 Å². The van der Waals surface area contributed by atoms with Crippen molar-refractivity contribution in [3.8, 4) is 0 Å². The third-order valence-corrected chi connectivity index (χ3v) is 6.74. The Morgan fingerprint density at radius 2 is 1.78 bits per heavy atom. The first-order valence-corrected chi connectivity index (χ1v) is 12.5. The monoisotopic (exact) mass is 481 g/mol. The highest BCUT2D eigenvalue weighted by Crippen LogP contribution is 2.49. The van der Waals surface area contributed by atoms with Crippen molar-refractivity contribution in [2.75, 3.05) is 30.6 Å². The van der Waals surface area contributed by atoms with Crippen LogP contribution in [0.5, 0.6) is 0 Å². The van der Waals surface area contributed by atoms with Gasteiger partial charge >= 0.3 is 0 Å². The second-order valence-corrected chi connectivity index (χ2v) is 10.3. The van der Waals surface area contributed by atoms with Gasteiger partial charge in [0.1, 0.15) is 5.82 Å². The first-order valence-electron chi connectivity index (χ1n) is 10.6. The van der Waals surface area contributed by atoms with E-state index in [0.29, 0.717) is 18.4 Å². The summed E-state index contributed by atoms with van der Waals surface area (Å²) in [6.07, 6.45) is 4.61. The molecule has 2 aromatic carbocycles. The number of hydrogen-bond donors (Lipinski definition) is 2. The molecule has 1 atom stereocenters. The number of carbonyl (C=O) groups is 1. The number of nitrogens with zero attached hydrogens (tertiary/aromatic N) is 1. The Balaban J connectivity index is 0.00000289. The van der Waals surface area contributed by atoms with Gasteiger partial charge in [-0.15, -0.1) is 12.4 Å². The van der Waals surface area contributed by atoms with Crippen LogP contribution in [0, 0.1) is 5.82 Å². The van der Waals surface area contributed by atoms with Crippen molar-refractivity contribution >= 4 is 34.0 Å². The Bertz CT molecular complexity index is 1060. The average Bonchev–Trinajstić information content (AvgIpc) is 3.39. The second-order valence-electron chi connectivity index (χ2n) is 8.60. The van der Waals surface area contributed by atoms with Gasteiger partial charge in [0.25, 0.3) is 0 Å². The molecule has 2 aliphatic rings. The molecule has 1 unspecified atom stereocenters. The van der Waals surface area contributed by atoms with Crippen LogP contribution < -0.4 is 10.0 Å². The number of hydrogen-bond acceptors (Lipinski definition) is 4. The standard InChI is InChI=1S/C23H28FN3O3S.ClH/c1-31(29,30)26-20-15-18(9-10-19(20)24)23(11-12-23)22(28)25-21(16-27-13-5-6-14-27)17-7-3-2-4-8-17;/h2-4,7-10,15,21,26H,5-6,11-14,16H2,1H3,(H,25,28);1H. The molecule has 2 aromatic rings. The molecule has 174 valence electrons. The number of nitrogens with one attached hydrogen (secondary N) is 2. The molecule has 2 N–H and O–H groups in total. The molecule has 1 saturated heterocycles. The highest BCUT2D eigenvalue weighted by Gasteiger charge is 2.52. The number of amides is 1. The van der Waals surface area contributed by atoms with Crippen molar-refractivity contribution in [3.63, 3.8) is 0 Å². The van der Waals surface area contributed by atoms with Crippen LogP contribution in [-0.2, 0) is 20.2 Å². The molecular weight excluding hydrogens is 453 g/mol. The minimum absolute atomic E-state index is 0. The third kappa shape index (κ3) is 5.60. The fourth-order valence-electron chi connectivity index (χ4n) is 4.31. The van der Waals surface area contributed by atoms with Crippen LogP contribution >= 0.6 is 12.4 Å². The lowest BCUT2D eigenvalue weighted by atomic mass is 9.93. The molecule has 2 fully saturated rings. The summed E-state index contributed by atoms with van der Waals surface area (Å²) in [5.41, 5.74) is 0.804. The molecule has 4 rings (SSSR count). The molecule has 1 amide bonds. The Morgan fingerprint density at radius 1 is 1.12 bits per heavy atom. The maximum absolute atomic E-state index is 14.1. The number of rotatable bonds is 8. The smallest absolute Gasteiger partial charge is 0.231 e. The van der Waals surface area contributed by atoms with Crippen LogP contribution in [0.15, 0.2) is 48.5 Å². The van der Waals surface area contributed by atoms with Gasteiger partial charge in [-0.3, -0.25) is 9.52 Å². The van der Waals surface area contributed by atoms with Crippen LogP contribution in [-0.4, -0.2) is 45.1 Å². The van der Waals surface area contributed by atoms with E-state index in [2.05, 4.69) is 14.9 Å². The van der Waals surface area contributed by atoms with Gasteiger partial charge in [-0.2, -0.15) is 0 Å². The predicted molar refractivity (Wildman–Crippen MR) is 126 cm³/mol. The molecule has 1 aliphatic carbocycles. The summed E-state index contributed by atoms with van der Waals surface area (Å²) in [6, 6.07) is 14.0. The van der Waals surface area contributed by atoms with Gasteiger partial charge in [0.2, 0.25) is 15.9 Å². The molecule has 0 radical (unpaired) electrons. The Hall–Kier alpha value is -2.16. The minimum Gasteiger partial charge on any atom is -0.347 e. The molecular formula is C23H29ClFN3O3S. The number of carbonyl (C=O) groups excluding carboxylic acids is 1. The average molecular weight is 482 g/mol. The van der Waals surface area contributed by atoms with E-state index in [0.717, 1.165) is 31.5 Å². The number of likely N-dealkylation sites (tertiary alicyclic amines) is 1. The lowest BCUT2D eigenvalue weighted by molar-refractivity contribution is -0.124. The quantitative estimate of drug-likeness (QED) is 0.603. The minimum atomic E-state index is -3.63. The zero-order valence-corrected chi connectivity index (χ0v) is 19.6. The van der Waals surface area contributed by atoms with Gasteiger partial charge in [-0.05, 0) is 62.0 Å². The van der Waals surface area contributed by atoms with Crippen LogP contribution in [0.4, 0.5) is 10.1 Å². The number of benzene rings is 2. The van der Waals surface area contributed by atoms with Gasteiger partial charge < -0.3 is 10.2 Å². The summed E-state index contributed by atoms with van der Waals surface area (Å²) < 4.78 is 39.5. The first-order chi connectivity index (χ1) is 14.8. The topological polar surface area (TPSA) is 78.5 Å². The summed E-state index contributed by atoms with van der Waals surface area (Å²) in [7, 11) is -3.63. The third-order valence-electron chi connectivity index (χ3n) is 6.15. The molecule has 0 aromatic heterocycles. The second kappa shape index (κ2) is 9.77. The zero-order valence-electron chi connectivity index (χ0n) is 18.0. The SMILES string of the molecule is CS(=O)(=O)Nc1cc(C2(C(=O)NC(CN3CCCC3)c3ccccc3)CC2)ccc1F.Cl. The van der Waals surface area contributed by atoms with E-state index in [-0.39, 0.29) is 30.0 Å². The van der Waals surface area contributed by atoms with Crippen molar-refractivity contribution in [2.24, 2.45) is 0 Å². The normalized spacial score (nSPS) is 18.4. The summed E-state index contributed by atoms with van der Waals surface area (Å²) in [5, 5.41) is 3.23. The molecule has 1 saturated carbocycles. The lowest BCUT2D eigenvalue weighted by Crippen LogP contribution is -2.42. The van der Waals surface area contributed by atoms with Gasteiger partial charge in [0.15, 0.2) is 0 Å². The summed E-state index contributed by atoms with van der Waals surface area (Å²) >= 11 is 0. The molecule has 1 aliphatic heterocycles. The largest absolute Gasteiger partial charge is 0.347 e. The van der Waals surface area contributed by atoms with E-state index in [9.17, 15) is 17.6 Å². The molecule has 32 heavy (non-hydrogen) atoms. The summed E-state index contributed by atoms with van der Waals surface area (Å²) in [4.78, 5) is 15.8. The van der Waals surface area contributed by atoms with Crippen LogP contribution in [0.1, 0.15) is 42.9 Å². The number of anilines is 1. The van der Waals surface area contributed by atoms with E-state index in [1.54, 1.807) is 6.07 Å². The van der Waals surface area contributed by atoms with Crippen molar-refractivity contribution in [2.45, 2.75) is 37.1 Å². The van der Waals surface area contributed by atoms with E-state index in [1.807, 2.05) is 30.3 Å². The van der Waals surface area contributed by atoms with Crippen molar-refractivity contribution in [1.29, 1.82) is 0 Å². The fraction of sp³-hybridized carbons (Fsp3) is 0.435. The molecule has 9 heteroatoms. The van der Waals surface area contributed by atoms with Crippen LogP contribution in [0.2, 0.25) is 0 Å². The Labute approximate surface area is 195 Å². The maximum atomic E-state index is 14.1. The predicted octanol–water partition coefficient (Wildman–Crippen LogP) is 3.60. The lowest BCUT2D eigenvalue weighted by Gasteiger charge is -2.27. The number of sulfonamides is 1. The summed E-state index contributed by atoms with van der Waals surface area (Å²) in [6.45, 7) is 2.81. The Morgan fingerprint density at radius 3 is 2.38 bits per heavy atom. The van der Waals surface area contributed by atoms with Gasteiger partial charge in [0.05, 0.1) is 23.4 Å². The summed E-state index contributed by atoms with van der Waals surface area (Å²) in [5.74, 6) is -0.765. The first kappa shape index (κ1) is 24.5. The molecule has 6 nitrogen and oxygen atoms in total. The van der Waals surface area contributed by atoms with Crippen LogP contribution in [0.25, 0.3) is 0 Å². The van der Waals surface area contributed by atoms with E-state index >= 15 is 0 Å². The Kier molecular flexibility index (Phi) is 7.47. The maximum Gasteiger partial charge on any atom is 0.231 e. The van der Waals surface area contributed by atoms with Crippen molar-refractivity contribution < 1.29 is 17.6 Å². The highest BCUT2D eigenvalue weighted by molar-refractivity contribution is 7.92. The molecule has 0 bridgehead atoms. The van der Waals surface area contributed by atoms with Crippen molar-refractivity contribution in [3.05, 3.63) is 65.5 Å².